The topological polar surface area (TPSA) is 66.4 Å². The Bertz CT molecular complexity index is 528. The van der Waals surface area contributed by atoms with E-state index >= 15 is 0 Å². The van der Waals surface area contributed by atoms with Gasteiger partial charge in [0.15, 0.2) is 0 Å². The van der Waals surface area contributed by atoms with Gasteiger partial charge in [0, 0.05) is 6.04 Å². The van der Waals surface area contributed by atoms with Crippen molar-refractivity contribution in [3.05, 3.63) is 35.1 Å². The van der Waals surface area contributed by atoms with E-state index in [1.807, 2.05) is 0 Å². The van der Waals surface area contributed by atoms with Crippen LogP contribution in [-0.4, -0.2) is 23.0 Å². The normalized spacial score (nSPS) is 12.8. The smallest absolute Gasteiger partial charge is 0.417 e. The molecule has 1 atom stereocenters. The summed E-state index contributed by atoms with van der Waals surface area (Å²) in [5.41, 5.74) is -2.16. The van der Waals surface area contributed by atoms with E-state index in [0.717, 1.165) is 6.07 Å². The third-order valence-electron chi connectivity index (χ3n) is 2.39. The summed E-state index contributed by atoms with van der Waals surface area (Å²) >= 11 is 0. The van der Waals surface area contributed by atoms with Crippen molar-refractivity contribution in [1.82, 2.24) is 5.32 Å². The maximum atomic E-state index is 12.9. The standard InChI is InChI=1S/C12H11F4NO3/c1-6(4-10(18)19)17-11(20)8-3-2-7(13)5-9(8)12(14,15)16/h2-3,5-6H,4H2,1H3,(H,17,20)(H,18,19)/t6-/m1/s1. The van der Waals surface area contributed by atoms with Crippen molar-refractivity contribution in [3.63, 3.8) is 0 Å². The van der Waals surface area contributed by atoms with Crippen molar-refractivity contribution in [1.29, 1.82) is 0 Å². The van der Waals surface area contributed by atoms with Crippen LogP contribution in [0.1, 0.15) is 29.3 Å². The summed E-state index contributed by atoms with van der Waals surface area (Å²) in [4.78, 5) is 22.1. The first-order chi connectivity index (χ1) is 9.11. The fraction of sp³-hybridized carbons (Fsp3) is 0.333. The van der Waals surface area contributed by atoms with E-state index in [1.54, 1.807) is 0 Å². The van der Waals surface area contributed by atoms with Gasteiger partial charge in [-0.2, -0.15) is 13.2 Å². The molecular formula is C12H11F4NO3. The highest BCUT2D eigenvalue weighted by Crippen LogP contribution is 2.32. The molecule has 0 spiro atoms. The molecule has 1 aromatic carbocycles. The maximum Gasteiger partial charge on any atom is 0.417 e. The molecular weight excluding hydrogens is 282 g/mol. The average molecular weight is 293 g/mol. The lowest BCUT2D eigenvalue weighted by Gasteiger charge is -2.15. The summed E-state index contributed by atoms with van der Waals surface area (Å²) in [5, 5.41) is 10.6. The van der Waals surface area contributed by atoms with Gasteiger partial charge < -0.3 is 10.4 Å². The first-order valence-corrected chi connectivity index (χ1v) is 5.50. The van der Waals surface area contributed by atoms with Gasteiger partial charge in [0.05, 0.1) is 17.5 Å². The number of nitrogens with one attached hydrogen (secondary N) is 1. The Morgan fingerprint density at radius 1 is 1.35 bits per heavy atom. The molecule has 1 aromatic rings. The summed E-state index contributed by atoms with van der Waals surface area (Å²) in [6.45, 7) is 1.34. The largest absolute Gasteiger partial charge is 0.481 e. The van der Waals surface area contributed by atoms with Crippen LogP contribution in [0.3, 0.4) is 0 Å². The highest BCUT2D eigenvalue weighted by molar-refractivity contribution is 5.96. The molecule has 0 aliphatic rings. The van der Waals surface area contributed by atoms with E-state index in [0.29, 0.717) is 6.07 Å². The third-order valence-corrected chi connectivity index (χ3v) is 2.39. The number of amides is 1. The van der Waals surface area contributed by atoms with Gasteiger partial charge in [-0.05, 0) is 25.1 Å². The highest BCUT2D eigenvalue weighted by atomic mass is 19.4. The zero-order valence-corrected chi connectivity index (χ0v) is 10.3. The molecule has 0 aliphatic carbocycles. The van der Waals surface area contributed by atoms with Crippen LogP contribution < -0.4 is 5.32 Å². The van der Waals surface area contributed by atoms with Crippen molar-refractivity contribution in [2.24, 2.45) is 0 Å². The number of carboxylic acids is 1. The molecule has 0 fully saturated rings. The van der Waals surface area contributed by atoms with E-state index < -0.39 is 47.5 Å². The molecule has 0 bridgehead atoms. The number of aliphatic carboxylic acids is 1. The predicted molar refractivity (Wildman–Crippen MR) is 60.6 cm³/mol. The van der Waals surface area contributed by atoms with Crippen molar-refractivity contribution < 1.29 is 32.3 Å². The van der Waals surface area contributed by atoms with Gasteiger partial charge >= 0.3 is 12.1 Å². The minimum atomic E-state index is -4.88. The fourth-order valence-electron chi connectivity index (χ4n) is 1.56. The second-order valence-corrected chi connectivity index (χ2v) is 4.16. The predicted octanol–water partition coefficient (Wildman–Crippen LogP) is 2.44. The van der Waals surface area contributed by atoms with Gasteiger partial charge in [0.2, 0.25) is 0 Å². The Hall–Kier alpha value is -2.12. The van der Waals surface area contributed by atoms with Crippen LogP contribution in [0.15, 0.2) is 18.2 Å². The molecule has 0 radical (unpaired) electrons. The highest BCUT2D eigenvalue weighted by Gasteiger charge is 2.35. The van der Waals surface area contributed by atoms with Crippen molar-refractivity contribution in [2.45, 2.75) is 25.6 Å². The monoisotopic (exact) mass is 293 g/mol. The first kappa shape index (κ1) is 15.9. The summed E-state index contributed by atoms with van der Waals surface area (Å²) in [5.74, 6) is -3.42. The van der Waals surface area contributed by atoms with E-state index in [4.69, 9.17) is 5.11 Å². The van der Waals surface area contributed by atoms with Crippen LogP contribution in [0, 0.1) is 5.82 Å². The van der Waals surface area contributed by atoms with Gasteiger partial charge in [0.1, 0.15) is 5.82 Å². The molecule has 1 rings (SSSR count). The van der Waals surface area contributed by atoms with Gasteiger partial charge in [-0.3, -0.25) is 9.59 Å². The quantitative estimate of drug-likeness (QED) is 0.838. The van der Waals surface area contributed by atoms with Crippen molar-refractivity contribution in [2.75, 3.05) is 0 Å². The van der Waals surface area contributed by atoms with Gasteiger partial charge in [-0.25, -0.2) is 4.39 Å². The summed E-state index contributed by atoms with van der Waals surface area (Å²) in [6.07, 6.45) is -5.32. The number of carboxylic acid groups (broad SMARTS) is 1. The minimum absolute atomic E-state index is 0.219. The number of carbonyl (C=O) groups is 2. The SMILES string of the molecule is C[C@H](CC(=O)O)NC(=O)c1ccc(F)cc1C(F)(F)F. The molecule has 20 heavy (non-hydrogen) atoms. The number of carbonyl (C=O) groups excluding carboxylic acids is 1. The molecule has 0 aromatic heterocycles. The van der Waals surface area contributed by atoms with Crippen LogP contribution in [0.5, 0.6) is 0 Å². The lowest BCUT2D eigenvalue weighted by molar-refractivity contribution is -0.139. The summed E-state index contributed by atoms with van der Waals surface area (Å²) < 4.78 is 51.0. The van der Waals surface area contributed by atoms with Gasteiger partial charge in [-0.15, -0.1) is 0 Å². The van der Waals surface area contributed by atoms with Crippen molar-refractivity contribution >= 4 is 11.9 Å². The van der Waals surface area contributed by atoms with Crippen LogP contribution in [-0.2, 0) is 11.0 Å². The number of halogens is 4. The van der Waals surface area contributed by atoms with Gasteiger partial charge in [0.25, 0.3) is 5.91 Å². The summed E-state index contributed by atoms with van der Waals surface area (Å²) in [7, 11) is 0. The Morgan fingerprint density at radius 2 is 1.95 bits per heavy atom. The first-order valence-electron chi connectivity index (χ1n) is 5.50. The zero-order chi connectivity index (χ0) is 15.5. The number of hydrogen-bond acceptors (Lipinski definition) is 2. The van der Waals surface area contributed by atoms with Crippen LogP contribution >= 0.6 is 0 Å². The van der Waals surface area contributed by atoms with Crippen LogP contribution in [0.4, 0.5) is 17.6 Å². The molecule has 0 saturated carbocycles. The number of rotatable bonds is 4. The average Bonchev–Trinajstić information content (AvgIpc) is 2.25. The van der Waals surface area contributed by atoms with Crippen LogP contribution in [0.25, 0.3) is 0 Å². The zero-order valence-electron chi connectivity index (χ0n) is 10.3. The Labute approximate surface area is 111 Å². The van der Waals surface area contributed by atoms with E-state index in [-0.39, 0.29) is 6.07 Å². The fourth-order valence-corrected chi connectivity index (χ4v) is 1.56. The second-order valence-electron chi connectivity index (χ2n) is 4.16. The van der Waals surface area contributed by atoms with Gasteiger partial charge in [-0.1, -0.05) is 0 Å². The third kappa shape index (κ3) is 4.22. The Balaban J connectivity index is 3.01. The molecule has 0 aliphatic heterocycles. The maximum absolute atomic E-state index is 12.9. The summed E-state index contributed by atoms with van der Waals surface area (Å²) in [6, 6.07) is 0.801. The molecule has 110 valence electrons. The van der Waals surface area contributed by atoms with E-state index in [2.05, 4.69) is 5.32 Å². The number of benzene rings is 1. The Kier molecular flexibility index (Phi) is 4.69. The molecule has 0 saturated heterocycles. The van der Waals surface area contributed by atoms with E-state index in [1.165, 1.54) is 6.92 Å². The molecule has 0 unspecified atom stereocenters. The number of hydrogen-bond donors (Lipinski definition) is 2. The molecule has 8 heteroatoms. The molecule has 4 nitrogen and oxygen atoms in total. The Morgan fingerprint density at radius 3 is 2.45 bits per heavy atom. The molecule has 1 amide bonds. The lowest BCUT2D eigenvalue weighted by atomic mass is 10.1. The molecule has 0 heterocycles. The minimum Gasteiger partial charge on any atom is -0.481 e. The van der Waals surface area contributed by atoms with E-state index in [9.17, 15) is 27.2 Å². The second kappa shape index (κ2) is 5.89. The number of alkyl halides is 3. The molecule has 2 N–H and O–H groups in total. The lowest BCUT2D eigenvalue weighted by Crippen LogP contribution is -2.35. The van der Waals surface area contributed by atoms with Crippen molar-refractivity contribution in [3.8, 4) is 0 Å². The van der Waals surface area contributed by atoms with Crippen LogP contribution in [0.2, 0.25) is 0 Å².